The quantitative estimate of drug-likeness (QED) is 0.834. The molecule has 0 saturated carbocycles. The molecule has 8 heteroatoms. The van der Waals surface area contributed by atoms with E-state index in [1.165, 1.54) is 6.92 Å². The van der Waals surface area contributed by atoms with E-state index in [1.54, 1.807) is 4.90 Å². The molecule has 0 aliphatic carbocycles. The van der Waals surface area contributed by atoms with Gasteiger partial charge in [0.05, 0.1) is 5.69 Å². The first-order valence-electron chi connectivity index (χ1n) is 6.60. The van der Waals surface area contributed by atoms with Crippen molar-refractivity contribution in [3.8, 4) is 0 Å². The number of carbonyl (C=O) groups is 1. The summed E-state index contributed by atoms with van der Waals surface area (Å²) >= 11 is 0. The number of rotatable bonds is 2. The average molecular weight is 300 g/mol. The van der Waals surface area contributed by atoms with Crippen molar-refractivity contribution < 1.29 is 13.2 Å². The lowest BCUT2D eigenvalue weighted by Gasteiger charge is -2.36. The van der Waals surface area contributed by atoms with E-state index in [0.717, 1.165) is 12.8 Å². The van der Waals surface area contributed by atoms with Gasteiger partial charge in [-0.1, -0.05) is 6.92 Å². The van der Waals surface area contributed by atoms with Crippen LogP contribution in [0, 0.1) is 12.8 Å². The molecule has 1 fully saturated rings. The minimum Gasteiger partial charge on any atom is -0.334 e. The topological polar surface area (TPSA) is 109 Å². The number of H-pyrrole nitrogens is 1. The van der Waals surface area contributed by atoms with Crippen LogP contribution in [0.3, 0.4) is 0 Å². The number of nitrogens with two attached hydrogens (primary N) is 1. The van der Waals surface area contributed by atoms with Crippen molar-refractivity contribution in [2.45, 2.75) is 44.6 Å². The first kappa shape index (κ1) is 15.0. The first-order chi connectivity index (χ1) is 9.21. The Hall–Kier alpha value is -1.41. The van der Waals surface area contributed by atoms with Gasteiger partial charge in [0.15, 0.2) is 5.69 Å². The normalized spacial score (nSPS) is 23.9. The van der Waals surface area contributed by atoms with Crippen LogP contribution >= 0.6 is 0 Å². The van der Waals surface area contributed by atoms with E-state index in [-0.39, 0.29) is 28.2 Å². The summed E-state index contributed by atoms with van der Waals surface area (Å²) in [4.78, 5) is 14.0. The average Bonchev–Trinajstić information content (AvgIpc) is 2.70. The third-order valence-corrected chi connectivity index (χ3v) is 4.85. The van der Waals surface area contributed by atoms with Crippen molar-refractivity contribution in [2.75, 3.05) is 6.54 Å². The summed E-state index contributed by atoms with van der Waals surface area (Å²) in [5.41, 5.74) is 0.181. The maximum atomic E-state index is 12.5. The van der Waals surface area contributed by atoms with Gasteiger partial charge in [0.1, 0.15) is 4.90 Å². The van der Waals surface area contributed by atoms with Gasteiger partial charge in [-0.2, -0.15) is 5.10 Å². The molecule has 3 N–H and O–H groups in total. The Labute approximate surface area is 118 Å². The van der Waals surface area contributed by atoms with Gasteiger partial charge in [0.2, 0.25) is 10.0 Å². The van der Waals surface area contributed by atoms with E-state index in [2.05, 4.69) is 17.1 Å². The SMILES string of the molecule is Cc1[nH]nc(C(=O)N2CCC(C)CC2C)c1S(N)(=O)=O. The highest BCUT2D eigenvalue weighted by molar-refractivity contribution is 7.89. The fourth-order valence-electron chi connectivity index (χ4n) is 2.76. The number of nitrogens with zero attached hydrogens (tertiary/aromatic N) is 2. The monoisotopic (exact) mass is 300 g/mol. The van der Waals surface area contributed by atoms with Gasteiger partial charge in [-0.25, -0.2) is 13.6 Å². The van der Waals surface area contributed by atoms with Crippen LogP contribution in [0.25, 0.3) is 0 Å². The molecule has 1 saturated heterocycles. The molecule has 1 aromatic heterocycles. The number of piperidine rings is 1. The van der Waals surface area contributed by atoms with Gasteiger partial charge in [-0.3, -0.25) is 9.89 Å². The van der Waals surface area contributed by atoms with E-state index in [0.29, 0.717) is 12.5 Å². The van der Waals surface area contributed by atoms with Crippen LogP contribution in [0.4, 0.5) is 0 Å². The first-order valence-corrected chi connectivity index (χ1v) is 8.15. The summed E-state index contributed by atoms with van der Waals surface area (Å²) in [6, 6.07) is 0.0663. The summed E-state index contributed by atoms with van der Waals surface area (Å²) in [5.74, 6) is 0.186. The number of primary sulfonamides is 1. The van der Waals surface area contributed by atoms with Crippen molar-refractivity contribution in [3.63, 3.8) is 0 Å². The summed E-state index contributed by atoms with van der Waals surface area (Å²) in [6.45, 7) is 6.25. The summed E-state index contributed by atoms with van der Waals surface area (Å²) in [5, 5.41) is 11.5. The Bertz CT molecular complexity index is 623. The lowest BCUT2D eigenvalue weighted by Crippen LogP contribution is -2.44. The molecule has 0 bridgehead atoms. The predicted octanol–water partition coefficient (Wildman–Crippen LogP) is 0.626. The Morgan fingerprint density at radius 2 is 2.10 bits per heavy atom. The zero-order valence-corrected chi connectivity index (χ0v) is 12.7. The molecular weight excluding hydrogens is 280 g/mol. The van der Waals surface area contributed by atoms with Gasteiger partial charge >= 0.3 is 0 Å². The fraction of sp³-hybridized carbons (Fsp3) is 0.667. The van der Waals surface area contributed by atoms with E-state index in [4.69, 9.17) is 5.14 Å². The van der Waals surface area contributed by atoms with Crippen LogP contribution in [0.2, 0.25) is 0 Å². The Morgan fingerprint density at radius 3 is 2.65 bits per heavy atom. The van der Waals surface area contributed by atoms with Gasteiger partial charge in [-0.05, 0) is 32.6 Å². The van der Waals surface area contributed by atoms with E-state index < -0.39 is 10.0 Å². The third-order valence-electron chi connectivity index (χ3n) is 3.78. The molecule has 7 nitrogen and oxygen atoms in total. The molecule has 2 heterocycles. The molecule has 112 valence electrons. The summed E-state index contributed by atoms with van der Waals surface area (Å²) in [6.07, 6.45) is 1.81. The number of amides is 1. The van der Waals surface area contributed by atoms with Crippen LogP contribution < -0.4 is 5.14 Å². The number of aromatic amines is 1. The lowest BCUT2D eigenvalue weighted by atomic mass is 9.93. The van der Waals surface area contributed by atoms with Crippen LogP contribution in [-0.4, -0.2) is 42.0 Å². The Morgan fingerprint density at radius 1 is 1.45 bits per heavy atom. The molecule has 1 aromatic rings. The van der Waals surface area contributed by atoms with Crippen molar-refractivity contribution in [1.82, 2.24) is 15.1 Å². The number of aryl methyl sites for hydroxylation is 1. The number of aromatic nitrogens is 2. The van der Waals surface area contributed by atoms with E-state index >= 15 is 0 Å². The van der Waals surface area contributed by atoms with Crippen molar-refractivity contribution in [1.29, 1.82) is 0 Å². The number of hydrogen-bond acceptors (Lipinski definition) is 4. The molecular formula is C12H20N4O3S. The zero-order valence-electron chi connectivity index (χ0n) is 11.9. The fourth-order valence-corrected chi connectivity index (χ4v) is 3.63. The van der Waals surface area contributed by atoms with Gasteiger partial charge in [0.25, 0.3) is 5.91 Å². The molecule has 0 radical (unpaired) electrons. The molecule has 1 amide bonds. The minimum absolute atomic E-state index is 0.0663. The molecule has 0 spiro atoms. The lowest BCUT2D eigenvalue weighted by molar-refractivity contribution is 0.0578. The van der Waals surface area contributed by atoms with Gasteiger partial charge in [0, 0.05) is 12.6 Å². The summed E-state index contributed by atoms with van der Waals surface area (Å²) < 4.78 is 23.2. The molecule has 1 aliphatic heterocycles. The number of nitrogens with one attached hydrogen (secondary N) is 1. The highest BCUT2D eigenvalue weighted by Gasteiger charge is 2.33. The van der Waals surface area contributed by atoms with E-state index in [1.807, 2.05) is 6.92 Å². The highest BCUT2D eigenvalue weighted by atomic mass is 32.2. The zero-order chi connectivity index (χ0) is 15.1. The molecule has 0 aromatic carbocycles. The summed E-state index contributed by atoms with van der Waals surface area (Å²) in [7, 11) is -3.97. The maximum Gasteiger partial charge on any atom is 0.276 e. The molecule has 1 aliphatic rings. The second kappa shape index (κ2) is 5.17. The minimum atomic E-state index is -3.97. The number of likely N-dealkylation sites (tertiary alicyclic amines) is 1. The van der Waals surface area contributed by atoms with Crippen molar-refractivity contribution >= 4 is 15.9 Å². The molecule has 2 unspecified atom stereocenters. The predicted molar refractivity (Wildman–Crippen MR) is 73.6 cm³/mol. The van der Waals surface area contributed by atoms with Crippen molar-refractivity contribution in [2.24, 2.45) is 11.1 Å². The third kappa shape index (κ3) is 2.71. The van der Waals surface area contributed by atoms with Crippen LogP contribution in [0.15, 0.2) is 4.90 Å². The largest absolute Gasteiger partial charge is 0.334 e. The Balaban J connectivity index is 2.36. The molecule has 2 rings (SSSR count). The Kier molecular flexibility index (Phi) is 3.88. The molecule has 20 heavy (non-hydrogen) atoms. The highest BCUT2D eigenvalue weighted by Crippen LogP contribution is 2.25. The van der Waals surface area contributed by atoms with Gasteiger partial charge < -0.3 is 4.90 Å². The second-order valence-electron chi connectivity index (χ2n) is 5.55. The smallest absolute Gasteiger partial charge is 0.276 e. The number of sulfonamides is 1. The van der Waals surface area contributed by atoms with Crippen LogP contribution in [0.5, 0.6) is 0 Å². The van der Waals surface area contributed by atoms with Crippen molar-refractivity contribution in [3.05, 3.63) is 11.4 Å². The second-order valence-corrected chi connectivity index (χ2v) is 7.05. The standard InChI is InChI=1S/C12H20N4O3S/c1-7-4-5-16(8(2)6-7)12(17)10-11(20(13,18)19)9(3)14-15-10/h7-8H,4-6H2,1-3H3,(H,14,15)(H2,13,18,19). The van der Waals surface area contributed by atoms with Crippen LogP contribution in [-0.2, 0) is 10.0 Å². The number of hydrogen-bond donors (Lipinski definition) is 2. The number of carbonyl (C=O) groups excluding carboxylic acids is 1. The van der Waals surface area contributed by atoms with Gasteiger partial charge in [-0.15, -0.1) is 0 Å². The maximum absolute atomic E-state index is 12.5. The van der Waals surface area contributed by atoms with E-state index in [9.17, 15) is 13.2 Å². The van der Waals surface area contributed by atoms with Crippen LogP contribution in [0.1, 0.15) is 42.9 Å². The molecule has 2 atom stereocenters.